The summed E-state index contributed by atoms with van der Waals surface area (Å²) < 4.78 is 42.2. The van der Waals surface area contributed by atoms with E-state index < -0.39 is 23.6 Å². The van der Waals surface area contributed by atoms with E-state index in [4.69, 9.17) is 5.11 Å². The van der Waals surface area contributed by atoms with Crippen molar-refractivity contribution in [2.24, 2.45) is 10.2 Å². The zero-order chi connectivity index (χ0) is 31.1. The molecule has 0 atom stereocenters. The smallest absolute Gasteiger partial charge is 0.416 e. The maximum Gasteiger partial charge on any atom is 0.416 e. The Balaban J connectivity index is 1.60. The molecule has 43 heavy (non-hydrogen) atoms. The summed E-state index contributed by atoms with van der Waals surface area (Å²) in [6, 6.07) is 18.9. The minimum absolute atomic E-state index is 0.00384. The molecule has 220 valence electrons. The first-order chi connectivity index (χ1) is 20.3. The number of aliphatic carboxylic acids is 1. The third-order valence-corrected chi connectivity index (χ3v) is 7.38. The monoisotopic (exact) mass is 587 g/mol. The van der Waals surface area contributed by atoms with E-state index in [9.17, 15) is 28.2 Å². The minimum Gasteiger partial charge on any atom is -0.505 e. The number of benzene rings is 4. The van der Waals surface area contributed by atoms with E-state index in [-0.39, 0.29) is 34.4 Å². The predicted molar refractivity (Wildman–Crippen MR) is 158 cm³/mol. The second-order valence-electron chi connectivity index (χ2n) is 10.5. The van der Waals surface area contributed by atoms with Gasteiger partial charge in [0.05, 0.1) is 11.1 Å². The van der Waals surface area contributed by atoms with Crippen LogP contribution in [0.3, 0.4) is 0 Å². The van der Waals surface area contributed by atoms with Gasteiger partial charge in [-0.3, -0.25) is 9.36 Å². The van der Waals surface area contributed by atoms with Gasteiger partial charge in [0.15, 0.2) is 11.4 Å². The topological polar surface area (TPSA) is 107 Å². The van der Waals surface area contributed by atoms with Crippen molar-refractivity contribution in [1.82, 2.24) is 4.57 Å². The van der Waals surface area contributed by atoms with Gasteiger partial charge in [-0.2, -0.15) is 13.2 Å². The molecule has 0 amide bonds. The fourth-order valence-electron chi connectivity index (χ4n) is 4.92. The van der Waals surface area contributed by atoms with Crippen molar-refractivity contribution in [3.05, 3.63) is 101 Å². The van der Waals surface area contributed by atoms with Crippen LogP contribution in [0, 0.1) is 20.8 Å². The zero-order valence-electron chi connectivity index (χ0n) is 23.6. The Bertz CT molecular complexity index is 1890. The van der Waals surface area contributed by atoms with Crippen LogP contribution in [-0.2, 0) is 17.4 Å². The van der Waals surface area contributed by atoms with Crippen LogP contribution in [0.4, 0.5) is 24.5 Å². The van der Waals surface area contributed by atoms with E-state index in [0.29, 0.717) is 23.2 Å². The van der Waals surface area contributed by atoms with Crippen LogP contribution in [0.2, 0.25) is 0 Å². The third kappa shape index (κ3) is 5.94. The number of aryl methyl sites for hydroxylation is 4. The van der Waals surface area contributed by atoms with Crippen LogP contribution in [0.1, 0.15) is 34.2 Å². The van der Waals surface area contributed by atoms with Gasteiger partial charge in [0.1, 0.15) is 5.69 Å². The summed E-state index contributed by atoms with van der Waals surface area (Å²) in [5.41, 5.74) is 4.34. The van der Waals surface area contributed by atoms with E-state index in [1.54, 1.807) is 48.5 Å². The normalized spacial score (nSPS) is 12.0. The van der Waals surface area contributed by atoms with Gasteiger partial charge in [-0.1, -0.05) is 30.3 Å². The van der Waals surface area contributed by atoms with E-state index in [0.717, 1.165) is 34.4 Å². The Labute approximate surface area is 245 Å². The molecule has 0 aliphatic heterocycles. The largest absolute Gasteiger partial charge is 0.505 e. The number of hydrogen-bond donors (Lipinski definition) is 3. The molecule has 7 nitrogen and oxygen atoms in total. The summed E-state index contributed by atoms with van der Waals surface area (Å²) in [7, 11) is 0. The maximum atomic E-state index is 13.6. The SMILES string of the molecule is Cc1cc(N=Nc2c(O)n(-c3ccc(C)c(C)c3)c3cc(C(F)(F)F)ccc23)c(O)c(-c2ccc(CCC(=O)O)cc2)c1. The van der Waals surface area contributed by atoms with Gasteiger partial charge in [-0.05, 0) is 97.5 Å². The number of phenolic OH excluding ortho intramolecular Hbond substituents is 1. The highest BCUT2D eigenvalue weighted by atomic mass is 19.4. The van der Waals surface area contributed by atoms with E-state index in [1.165, 1.54) is 10.6 Å². The van der Waals surface area contributed by atoms with Crippen molar-refractivity contribution in [2.75, 3.05) is 0 Å². The number of hydrogen-bond acceptors (Lipinski definition) is 5. The first-order valence-electron chi connectivity index (χ1n) is 13.4. The average Bonchev–Trinajstić information content (AvgIpc) is 3.23. The number of nitrogens with zero attached hydrogens (tertiary/aromatic N) is 3. The number of carboxylic acid groups (broad SMARTS) is 1. The molecule has 5 rings (SSSR count). The lowest BCUT2D eigenvalue weighted by Crippen LogP contribution is -2.05. The summed E-state index contributed by atoms with van der Waals surface area (Å²) in [4.78, 5) is 10.9. The number of azo groups is 1. The molecule has 0 saturated heterocycles. The van der Waals surface area contributed by atoms with E-state index in [2.05, 4.69) is 10.2 Å². The number of phenols is 1. The summed E-state index contributed by atoms with van der Waals surface area (Å²) in [5, 5.41) is 40.0. The van der Waals surface area contributed by atoms with E-state index >= 15 is 0 Å². The number of aromatic nitrogens is 1. The number of alkyl halides is 3. The number of aromatic hydroxyl groups is 2. The maximum absolute atomic E-state index is 13.6. The fourth-order valence-corrected chi connectivity index (χ4v) is 4.92. The fraction of sp³-hybridized carbons (Fsp3) is 0.182. The lowest BCUT2D eigenvalue weighted by Gasteiger charge is -2.11. The van der Waals surface area contributed by atoms with Gasteiger partial charge < -0.3 is 15.3 Å². The molecular weight excluding hydrogens is 559 g/mol. The lowest BCUT2D eigenvalue weighted by molar-refractivity contribution is -0.138. The summed E-state index contributed by atoms with van der Waals surface area (Å²) >= 11 is 0. The highest BCUT2D eigenvalue weighted by Gasteiger charge is 2.32. The zero-order valence-corrected chi connectivity index (χ0v) is 23.6. The molecule has 0 fully saturated rings. The quantitative estimate of drug-likeness (QED) is 0.165. The number of carboxylic acids is 1. The molecule has 10 heteroatoms. The molecular formula is C33H28F3N3O4. The van der Waals surface area contributed by atoms with Crippen molar-refractivity contribution in [3.8, 4) is 28.4 Å². The first kappa shape index (κ1) is 29.4. The Hall–Kier alpha value is -5.12. The highest BCUT2D eigenvalue weighted by Crippen LogP contribution is 2.45. The molecule has 0 radical (unpaired) electrons. The minimum atomic E-state index is -4.60. The second kappa shape index (κ2) is 11.3. The van der Waals surface area contributed by atoms with Gasteiger partial charge in [-0.15, -0.1) is 10.2 Å². The second-order valence-corrected chi connectivity index (χ2v) is 10.5. The van der Waals surface area contributed by atoms with Gasteiger partial charge in [-0.25, -0.2) is 0 Å². The van der Waals surface area contributed by atoms with Crippen LogP contribution >= 0.6 is 0 Å². The van der Waals surface area contributed by atoms with Crippen molar-refractivity contribution in [1.29, 1.82) is 0 Å². The standard InChI is InChI=1S/C33H28F3N3O4/c1-18-14-26(22-8-5-21(6-9-22)7-13-29(40)41)31(42)27(15-18)37-38-30-25-12-10-23(33(34,35)36)17-28(25)39(32(30)43)24-11-4-19(2)20(3)16-24/h4-6,8-12,14-17,42-43H,7,13H2,1-3H3,(H,40,41). The molecule has 4 aromatic carbocycles. The molecule has 0 aliphatic rings. The predicted octanol–water partition coefficient (Wildman–Crippen LogP) is 9.09. The lowest BCUT2D eigenvalue weighted by atomic mass is 9.99. The van der Waals surface area contributed by atoms with Crippen molar-refractivity contribution in [3.63, 3.8) is 0 Å². The average molecular weight is 588 g/mol. The molecule has 0 aliphatic carbocycles. The highest BCUT2D eigenvalue weighted by molar-refractivity contribution is 5.97. The van der Waals surface area contributed by atoms with Crippen LogP contribution < -0.4 is 0 Å². The van der Waals surface area contributed by atoms with Gasteiger partial charge in [0.2, 0.25) is 5.88 Å². The van der Waals surface area contributed by atoms with Gasteiger partial charge in [0.25, 0.3) is 0 Å². The van der Waals surface area contributed by atoms with Crippen LogP contribution in [-0.4, -0.2) is 25.9 Å². The van der Waals surface area contributed by atoms with E-state index in [1.807, 2.05) is 26.8 Å². The van der Waals surface area contributed by atoms with Gasteiger partial charge in [0, 0.05) is 23.1 Å². The Kier molecular flexibility index (Phi) is 7.71. The number of halogens is 3. The number of fused-ring (bicyclic) bond motifs is 1. The molecule has 3 N–H and O–H groups in total. The van der Waals surface area contributed by atoms with Crippen LogP contribution in [0.5, 0.6) is 11.6 Å². The molecule has 0 unspecified atom stereocenters. The molecule has 5 aromatic rings. The summed E-state index contributed by atoms with van der Waals surface area (Å²) in [6.45, 7) is 5.58. The Morgan fingerprint density at radius 2 is 1.58 bits per heavy atom. The van der Waals surface area contributed by atoms with Crippen molar-refractivity contribution < 1.29 is 33.3 Å². The molecule has 1 heterocycles. The summed E-state index contributed by atoms with van der Waals surface area (Å²) in [5.74, 6) is -1.46. The molecule has 0 bridgehead atoms. The molecule has 0 spiro atoms. The Morgan fingerprint density at radius 1 is 0.860 bits per heavy atom. The molecule has 1 aromatic heterocycles. The molecule has 0 saturated carbocycles. The summed E-state index contributed by atoms with van der Waals surface area (Å²) in [6.07, 6.45) is -4.22. The van der Waals surface area contributed by atoms with Crippen LogP contribution in [0.15, 0.2) is 83.0 Å². The van der Waals surface area contributed by atoms with Gasteiger partial charge >= 0.3 is 12.1 Å². The van der Waals surface area contributed by atoms with Crippen molar-refractivity contribution in [2.45, 2.75) is 39.8 Å². The van der Waals surface area contributed by atoms with Crippen LogP contribution in [0.25, 0.3) is 27.7 Å². The number of rotatable bonds is 7. The number of carbonyl (C=O) groups is 1. The third-order valence-electron chi connectivity index (χ3n) is 7.38. The first-order valence-corrected chi connectivity index (χ1v) is 13.4. The van der Waals surface area contributed by atoms with Crippen molar-refractivity contribution >= 4 is 28.2 Å². The Morgan fingerprint density at radius 3 is 2.23 bits per heavy atom.